The average Bonchev–Trinajstić information content (AvgIpc) is 2.60. The number of benzene rings is 2. The zero-order valence-electron chi connectivity index (χ0n) is 14.9. The van der Waals surface area contributed by atoms with Crippen molar-refractivity contribution >= 4 is 35.1 Å². The van der Waals surface area contributed by atoms with E-state index >= 15 is 0 Å². The van der Waals surface area contributed by atoms with Gasteiger partial charge in [-0.05, 0) is 42.7 Å². The van der Waals surface area contributed by atoms with E-state index in [-0.39, 0.29) is 18.4 Å². The number of halogens is 2. The Balaban J connectivity index is 2.01. The number of carbonyl (C=O) groups is 2. The van der Waals surface area contributed by atoms with Gasteiger partial charge in [-0.2, -0.15) is 0 Å². The molecule has 0 heterocycles. The third kappa shape index (κ3) is 5.48. The van der Waals surface area contributed by atoms with E-state index < -0.39 is 12.0 Å². The van der Waals surface area contributed by atoms with E-state index in [9.17, 15) is 9.59 Å². The number of esters is 1. The highest BCUT2D eigenvalue weighted by Gasteiger charge is 2.26. The first-order valence-electron chi connectivity index (χ1n) is 8.26. The zero-order chi connectivity index (χ0) is 19.3. The van der Waals surface area contributed by atoms with Crippen LogP contribution in [0.1, 0.15) is 35.3 Å². The number of hydrogen-bond donors (Lipinski definition) is 1. The summed E-state index contributed by atoms with van der Waals surface area (Å²) in [4.78, 5) is 24.8. The Hall–Kier alpha value is -2.04. The molecular formula is C20H21Cl2NO3. The van der Waals surface area contributed by atoms with Crippen LogP contribution in [0, 0.1) is 12.8 Å². The highest BCUT2D eigenvalue weighted by atomic mass is 35.5. The summed E-state index contributed by atoms with van der Waals surface area (Å²) in [6, 6.07) is 11.4. The maximum absolute atomic E-state index is 12.4. The van der Waals surface area contributed by atoms with E-state index in [4.69, 9.17) is 27.9 Å². The molecule has 0 aromatic heterocycles. The molecule has 0 aliphatic carbocycles. The summed E-state index contributed by atoms with van der Waals surface area (Å²) in [6.07, 6.45) is 0. The van der Waals surface area contributed by atoms with Crippen molar-refractivity contribution in [2.24, 2.45) is 5.92 Å². The van der Waals surface area contributed by atoms with Crippen LogP contribution in [0.4, 0.5) is 0 Å². The van der Waals surface area contributed by atoms with Gasteiger partial charge in [0.1, 0.15) is 12.6 Å². The first-order valence-corrected chi connectivity index (χ1v) is 9.01. The van der Waals surface area contributed by atoms with Crippen molar-refractivity contribution in [2.45, 2.75) is 33.4 Å². The van der Waals surface area contributed by atoms with Gasteiger partial charge in [0.2, 0.25) is 0 Å². The molecule has 0 fully saturated rings. The first-order chi connectivity index (χ1) is 12.3. The summed E-state index contributed by atoms with van der Waals surface area (Å²) >= 11 is 11.8. The van der Waals surface area contributed by atoms with Gasteiger partial charge in [0.15, 0.2) is 0 Å². The second kappa shape index (κ2) is 9.06. The van der Waals surface area contributed by atoms with Crippen molar-refractivity contribution in [1.82, 2.24) is 5.32 Å². The van der Waals surface area contributed by atoms with Crippen LogP contribution in [0.2, 0.25) is 10.0 Å². The number of rotatable bonds is 6. The molecule has 0 spiro atoms. The van der Waals surface area contributed by atoms with E-state index in [1.165, 1.54) is 0 Å². The zero-order valence-corrected chi connectivity index (χ0v) is 16.4. The predicted molar refractivity (Wildman–Crippen MR) is 104 cm³/mol. The molecule has 2 aromatic carbocycles. The van der Waals surface area contributed by atoms with E-state index in [2.05, 4.69) is 5.32 Å². The number of aryl methyl sites for hydroxylation is 1. The molecule has 26 heavy (non-hydrogen) atoms. The monoisotopic (exact) mass is 393 g/mol. The van der Waals surface area contributed by atoms with Crippen molar-refractivity contribution in [3.05, 3.63) is 69.2 Å². The molecule has 2 aromatic rings. The molecule has 1 atom stereocenters. The van der Waals surface area contributed by atoms with Crippen LogP contribution in [-0.2, 0) is 16.1 Å². The third-order valence-electron chi connectivity index (χ3n) is 3.89. The lowest BCUT2D eigenvalue weighted by Gasteiger charge is -2.21. The second-order valence-electron chi connectivity index (χ2n) is 6.42. The summed E-state index contributed by atoms with van der Waals surface area (Å²) in [5.41, 5.74) is 2.28. The van der Waals surface area contributed by atoms with Gasteiger partial charge >= 0.3 is 5.97 Å². The minimum Gasteiger partial charge on any atom is -0.459 e. The summed E-state index contributed by atoms with van der Waals surface area (Å²) in [6.45, 7) is 5.69. The van der Waals surface area contributed by atoms with Gasteiger partial charge in [0.05, 0.1) is 10.0 Å². The van der Waals surface area contributed by atoms with E-state index in [0.717, 1.165) is 11.1 Å². The van der Waals surface area contributed by atoms with Crippen molar-refractivity contribution < 1.29 is 14.3 Å². The highest BCUT2D eigenvalue weighted by Crippen LogP contribution is 2.23. The lowest BCUT2D eigenvalue weighted by molar-refractivity contribution is -0.148. The van der Waals surface area contributed by atoms with Gasteiger partial charge in [-0.25, -0.2) is 4.79 Å². The van der Waals surface area contributed by atoms with Gasteiger partial charge in [0, 0.05) is 5.56 Å². The molecule has 0 saturated heterocycles. The summed E-state index contributed by atoms with van der Waals surface area (Å²) in [5, 5.41) is 3.58. The molecule has 0 saturated carbocycles. The standard InChI is InChI=1S/C20H21Cl2NO3/c1-12(2)18(23-19(24)15-7-4-13(3)5-8-15)20(25)26-11-14-6-9-16(21)17(22)10-14/h4-10,12,18H,11H2,1-3H3,(H,23,24)/t18-/m0/s1. The Morgan fingerprint density at radius 3 is 2.27 bits per heavy atom. The molecule has 0 bridgehead atoms. The number of hydrogen-bond acceptors (Lipinski definition) is 3. The van der Waals surface area contributed by atoms with Gasteiger partial charge in [-0.15, -0.1) is 0 Å². The molecule has 1 N–H and O–H groups in total. The van der Waals surface area contributed by atoms with E-state index in [1.807, 2.05) is 32.9 Å². The third-order valence-corrected chi connectivity index (χ3v) is 4.63. The largest absolute Gasteiger partial charge is 0.459 e. The summed E-state index contributed by atoms with van der Waals surface area (Å²) in [5.74, 6) is -0.924. The average molecular weight is 394 g/mol. The number of carbonyl (C=O) groups excluding carboxylic acids is 2. The molecule has 1 amide bonds. The molecule has 2 rings (SSSR count). The minimum absolute atomic E-state index is 0.0549. The van der Waals surface area contributed by atoms with Crippen molar-refractivity contribution in [3.63, 3.8) is 0 Å². The molecule has 138 valence electrons. The Morgan fingerprint density at radius 1 is 1.04 bits per heavy atom. The quantitative estimate of drug-likeness (QED) is 0.716. The van der Waals surface area contributed by atoms with E-state index in [1.54, 1.807) is 30.3 Å². The Kier molecular flexibility index (Phi) is 7.06. The van der Waals surface area contributed by atoms with E-state index in [0.29, 0.717) is 15.6 Å². The molecule has 0 aliphatic rings. The van der Waals surface area contributed by atoms with Crippen molar-refractivity contribution in [3.8, 4) is 0 Å². The Morgan fingerprint density at radius 2 is 1.69 bits per heavy atom. The maximum Gasteiger partial charge on any atom is 0.329 e. The Labute approximate surface area is 163 Å². The van der Waals surface area contributed by atoms with Crippen LogP contribution in [-0.4, -0.2) is 17.9 Å². The number of ether oxygens (including phenoxy) is 1. The normalized spacial score (nSPS) is 11.9. The summed E-state index contributed by atoms with van der Waals surface area (Å²) < 4.78 is 5.35. The molecule has 0 radical (unpaired) electrons. The first kappa shape index (κ1) is 20.3. The Bertz CT molecular complexity index is 788. The molecule has 6 heteroatoms. The fourth-order valence-electron chi connectivity index (χ4n) is 2.30. The maximum atomic E-state index is 12.4. The van der Waals surface area contributed by atoms with Gasteiger partial charge in [0.25, 0.3) is 5.91 Å². The van der Waals surface area contributed by atoms with Crippen LogP contribution in [0.5, 0.6) is 0 Å². The second-order valence-corrected chi connectivity index (χ2v) is 7.23. The topological polar surface area (TPSA) is 55.4 Å². The number of amides is 1. The van der Waals surface area contributed by atoms with Crippen LogP contribution >= 0.6 is 23.2 Å². The van der Waals surface area contributed by atoms with Crippen molar-refractivity contribution in [1.29, 1.82) is 0 Å². The molecule has 4 nitrogen and oxygen atoms in total. The molecule has 0 unspecified atom stereocenters. The predicted octanol–water partition coefficient (Wildman–Crippen LogP) is 4.80. The summed E-state index contributed by atoms with van der Waals surface area (Å²) in [7, 11) is 0. The highest BCUT2D eigenvalue weighted by molar-refractivity contribution is 6.42. The SMILES string of the molecule is Cc1ccc(C(=O)N[C@H](C(=O)OCc2ccc(Cl)c(Cl)c2)C(C)C)cc1. The number of nitrogens with one attached hydrogen (secondary N) is 1. The van der Waals surface area contributed by atoms with Crippen LogP contribution < -0.4 is 5.32 Å². The fourth-order valence-corrected chi connectivity index (χ4v) is 2.62. The molecule has 0 aliphatic heterocycles. The smallest absolute Gasteiger partial charge is 0.329 e. The fraction of sp³-hybridized carbons (Fsp3) is 0.300. The van der Waals surface area contributed by atoms with Gasteiger partial charge < -0.3 is 10.1 Å². The van der Waals surface area contributed by atoms with Gasteiger partial charge in [-0.1, -0.05) is 60.8 Å². The van der Waals surface area contributed by atoms with Crippen LogP contribution in [0.15, 0.2) is 42.5 Å². The van der Waals surface area contributed by atoms with Crippen LogP contribution in [0.3, 0.4) is 0 Å². The van der Waals surface area contributed by atoms with Crippen molar-refractivity contribution in [2.75, 3.05) is 0 Å². The lowest BCUT2D eigenvalue weighted by Crippen LogP contribution is -2.45. The molecular weight excluding hydrogens is 373 g/mol. The lowest BCUT2D eigenvalue weighted by atomic mass is 10.0. The van der Waals surface area contributed by atoms with Crippen LogP contribution in [0.25, 0.3) is 0 Å². The minimum atomic E-state index is -0.744. The van der Waals surface area contributed by atoms with Gasteiger partial charge in [-0.3, -0.25) is 4.79 Å².